The standard InChI is InChI=1S/C22H22N6O3/c1-11(2)28-16-9-14-13(8-12(16)22(3,4)21(28)30)24-19(25-14)18-15(10-23-27-18)26-20(29)17-6-5-7-31-17/h5-11H,1-4H3,(H,23,27)(H,24,25)(H,26,29). The monoisotopic (exact) mass is 418 g/mol. The summed E-state index contributed by atoms with van der Waals surface area (Å²) >= 11 is 0. The highest BCUT2D eigenvalue weighted by Crippen LogP contribution is 2.44. The summed E-state index contributed by atoms with van der Waals surface area (Å²) in [5, 5.41) is 9.72. The second kappa shape index (κ2) is 6.56. The van der Waals surface area contributed by atoms with E-state index in [1.54, 1.807) is 12.1 Å². The van der Waals surface area contributed by atoms with Gasteiger partial charge in [-0.1, -0.05) is 0 Å². The van der Waals surface area contributed by atoms with Crippen LogP contribution in [0.25, 0.3) is 22.6 Å². The number of carbonyl (C=O) groups excluding carboxylic acids is 2. The van der Waals surface area contributed by atoms with Crippen LogP contribution in [0.3, 0.4) is 0 Å². The lowest BCUT2D eigenvalue weighted by molar-refractivity contribution is -0.122. The number of benzene rings is 1. The molecule has 31 heavy (non-hydrogen) atoms. The summed E-state index contributed by atoms with van der Waals surface area (Å²) in [5.41, 5.74) is 3.78. The van der Waals surface area contributed by atoms with Gasteiger partial charge in [0.2, 0.25) is 5.91 Å². The molecule has 3 N–H and O–H groups in total. The molecule has 1 aliphatic rings. The van der Waals surface area contributed by atoms with Crippen LogP contribution < -0.4 is 10.2 Å². The summed E-state index contributed by atoms with van der Waals surface area (Å²) in [6, 6.07) is 7.20. The number of anilines is 2. The number of furan rings is 1. The number of imidazole rings is 1. The highest BCUT2D eigenvalue weighted by Gasteiger charge is 2.45. The lowest BCUT2D eigenvalue weighted by Crippen LogP contribution is -2.40. The molecule has 4 aromatic rings. The van der Waals surface area contributed by atoms with Gasteiger partial charge in [0, 0.05) is 6.04 Å². The van der Waals surface area contributed by atoms with E-state index in [9.17, 15) is 9.59 Å². The zero-order valence-corrected chi connectivity index (χ0v) is 17.6. The third-order valence-corrected chi connectivity index (χ3v) is 5.67. The highest BCUT2D eigenvalue weighted by atomic mass is 16.3. The summed E-state index contributed by atoms with van der Waals surface area (Å²) in [4.78, 5) is 35.1. The minimum absolute atomic E-state index is 0.0416. The van der Waals surface area contributed by atoms with Crippen molar-refractivity contribution in [3.63, 3.8) is 0 Å². The molecule has 3 aromatic heterocycles. The summed E-state index contributed by atoms with van der Waals surface area (Å²) in [7, 11) is 0. The summed E-state index contributed by atoms with van der Waals surface area (Å²) in [6.07, 6.45) is 2.96. The Balaban J connectivity index is 1.55. The predicted octanol–water partition coefficient (Wildman–Crippen LogP) is 3.83. The Morgan fingerprint density at radius 1 is 1.29 bits per heavy atom. The van der Waals surface area contributed by atoms with Gasteiger partial charge in [0.15, 0.2) is 11.6 Å². The van der Waals surface area contributed by atoms with Crippen molar-refractivity contribution in [2.75, 3.05) is 10.2 Å². The van der Waals surface area contributed by atoms with Crippen LogP contribution in [-0.4, -0.2) is 38.0 Å². The molecule has 0 radical (unpaired) electrons. The third kappa shape index (κ3) is 2.84. The molecule has 0 spiro atoms. The quantitative estimate of drug-likeness (QED) is 0.465. The van der Waals surface area contributed by atoms with Gasteiger partial charge in [0.1, 0.15) is 5.69 Å². The maximum Gasteiger partial charge on any atom is 0.291 e. The van der Waals surface area contributed by atoms with E-state index < -0.39 is 5.41 Å². The van der Waals surface area contributed by atoms with Crippen molar-refractivity contribution < 1.29 is 14.0 Å². The third-order valence-electron chi connectivity index (χ3n) is 5.67. The summed E-state index contributed by atoms with van der Waals surface area (Å²) < 4.78 is 5.14. The van der Waals surface area contributed by atoms with E-state index >= 15 is 0 Å². The number of amides is 2. The van der Waals surface area contributed by atoms with Gasteiger partial charge in [-0.2, -0.15) is 5.10 Å². The average molecular weight is 418 g/mol. The topological polar surface area (TPSA) is 120 Å². The van der Waals surface area contributed by atoms with Crippen molar-refractivity contribution in [2.45, 2.75) is 39.2 Å². The average Bonchev–Trinajstić information content (AvgIpc) is 3.48. The molecule has 0 saturated heterocycles. The fraction of sp³-hybridized carbons (Fsp3) is 0.273. The van der Waals surface area contributed by atoms with E-state index in [2.05, 4.69) is 20.5 Å². The Morgan fingerprint density at radius 3 is 2.81 bits per heavy atom. The van der Waals surface area contributed by atoms with Crippen LogP contribution in [0.4, 0.5) is 11.4 Å². The van der Waals surface area contributed by atoms with Gasteiger partial charge in [-0.3, -0.25) is 14.7 Å². The van der Waals surface area contributed by atoms with Crippen LogP contribution in [0.5, 0.6) is 0 Å². The molecule has 4 heterocycles. The van der Waals surface area contributed by atoms with Crippen LogP contribution in [0.2, 0.25) is 0 Å². The van der Waals surface area contributed by atoms with Crippen molar-refractivity contribution >= 4 is 34.2 Å². The van der Waals surface area contributed by atoms with E-state index in [0.717, 1.165) is 22.3 Å². The highest BCUT2D eigenvalue weighted by molar-refractivity contribution is 6.10. The van der Waals surface area contributed by atoms with Crippen molar-refractivity contribution in [1.29, 1.82) is 0 Å². The first-order valence-corrected chi connectivity index (χ1v) is 10.0. The molecule has 1 aliphatic heterocycles. The van der Waals surface area contributed by atoms with E-state index in [4.69, 9.17) is 9.40 Å². The number of carbonyl (C=O) groups is 2. The number of nitrogens with one attached hydrogen (secondary N) is 3. The first kappa shape index (κ1) is 19.1. The SMILES string of the molecule is CC(C)N1C(=O)C(C)(C)c2cc3[nH]c(-c4[nH]ncc4NC(=O)c4ccco4)nc3cc21. The van der Waals surface area contributed by atoms with E-state index in [1.165, 1.54) is 12.5 Å². The molecule has 0 fully saturated rings. The minimum atomic E-state index is -0.616. The van der Waals surface area contributed by atoms with Gasteiger partial charge in [-0.05, 0) is 57.5 Å². The first-order chi connectivity index (χ1) is 14.8. The van der Waals surface area contributed by atoms with Gasteiger partial charge in [0.25, 0.3) is 5.91 Å². The molecular formula is C22H22N6O3. The molecule has 0 atom stereocenters. The summed E-state index contributed by atoms with van der Waals surface area (Å²) in [6.45, 7) is 7.89. The number of H-pyrrole nitrogens is 2. The van der Waals surface area contributed by atoms with Crippen LogP contribution in [-0.2, 0) is 10.2 Å². The molecular weight excluding hydrogens is 396 g/mol. The number of rotatable bonds is 4. The van der Waals surface area contributed by atoms with E-state index in [1.807, 2.05) is 44.7 Å². The second-order valence-corrected chi connectivity index (χ2v) is 8.46. The van der Waals surface area contributed by atoms with Gasteiger partial charge < -0.3 is 19.6 Å². The minimum Gasteiger partial charge on any atom is -0.459 e. The zero-order chi connectivity index (χ0) is 21.9. The molecule has 9 heteroatoms. The maximum atomic E-state index is 13.0. The van der Waals surface area contributed by atoms with Crippen molar-refractivity contribution in [1.82, 2.24) is 20.2 Å². The Labute approximate surface area is 177 Å². The molecule has 0 aliphatic carbocycles. The number of nitrogens with zero attached hydrogens (tertiary/aromatic N) is 3. The number of aromatic amines is 2. The van der Waals surface area contributed by atoms with E-state index in [0.29, 0.717) is 17.2 Å². The number of hydrogen-bond acceptors (Lipinski definition) is 5. The van der Waals surface area contributed by atoms with Crippen molar-refractivity contribution in [3.8, 4) is 11.5 Å². The smallest absolute Gasteiger partial charge is 0.291 e. The molecule has 0 bridgehead atoms. The largest absolute Gasteiger partial charge is 0.459 e. The predicted molar refractivity (Wildman–Crippen MR) is 116 cm³/mol. The number of hydrogen-bond donors (Lipinski definition) is 3. The van der Waals surface area contributed by atoms with Gasteiger partial charge in [-0.15, -0.1) is 0 Å². The van der Waals surface area contributed by atoms with Gasteiger partial charge >= 0.3 is 0 Å². The molecule has 0 unspecified atom stereocenters. The Morgan fingerprint density at radius 2 is 2.10 bits per heavy atom. The second-order valence-electron chi connectivity index (χ2n) is 8.46. The zero-order valence-electron chi connectivity index (χ0n) is 17.6. The van der Waals surface area contributed by atoms with Crippen LogP contribution in [0.1, 0.15) is 43.8 Å². The normalized spacial score (nSPS) is 15.1. The van der Waals surface area contributed by atoms with Crippen LogP contribution in [0, 0.1) is 0 Å². The Hall–Kier alpha value is -3.88. The van der Waals surface area contributed by atoms with Gasteiger partial charge in [0.05, 0.1) is 40.3 Å². The molecule has 9 nitrogen and oxygen atoms in total. The van der Waals surface area contributed by atoms with Crippen molar-refractivity contribution in [2.24, 2.45) is 0 Å². The Bertz CT molecular complexity index is 1310. The maximum absolute atomic E-state index is 13.0. The van der Waals surface area contributed by atoms with Crippen LogP contribution >= 0.6 is 0 Å². The van der Waals surface area contributed by atoms with Gasteiger partial charge in [-0.25, -0.2) is 4.98 Å². The van der Waals surface area contributed by atoms with Crippen LogP contribution in [0.15, 0.2) is 41.1 Å². The first-order valence-electron chi connectivity index (χ1n) is 10.0. The lowest BCUT2D eigenvalue weighted by Gasteiger charge is -2.24. The van der Waals surface area contributed by atoms with E-state index in [-0.39, 0.29) is 23.6 Å². The molecule has 0 saturated carbocycles. The van der Waals surface area contributed by atoms with Crippen molar-refractivity contribution in [3.05, 3.63) is 48.0 Å². The Kier molecular flexibility index (Phi) is 4.04. The molecule has 2 amide bonds. The fourth-order valence-corrected chi connectivity index (χ4v) is 4.06. The lowest BCUT2D eigenvalue weighted by atomic mass is 9.86. The number of aromatic nitrogens is 4. The molecule has 158 valence electrons. The number of fused-ring (bicyclic) bond motifs is 2. The summed E-state index contributed by atoms with van der Waals surface area (Å²) in [5.74, 6) is 0.442. The fourth-order valence-electron chi connectivity index (χ4n) is 4.06. The molecule has 5 rings (SSSR count). The molecule has 1 aromatic carbocycles.